The monoisotopic (exact) mass is 344 g/mol. The van der Waals surface area contributed by atoms with Crippen LogP contribution in [-0.4, -0.2) is 51.9 Å². The van der Waals surface area contributed by atoms with Crippen molar-refractivity contribution in [3.05, 3.63) is 17.7 Å². The Kier molecular flexibility index (Phi) is 8.52. The van der Waals surface area contributed by atoms with Crippen molar-refractivity contribution in [3.8, 4) is 17.2 Å². The van der Waals surface area contributed by atoms with Gasteiger partial charge in [0.2, 0.25) is 5.75 Å². The molecule has 0 bridgehead atoms. The van der Waals surface area contributed by atoms with Crippen LogP contribution in [-0.2, 0) is 6.54 Å². The van der Waals surface area contributed by atoms with Gasteiger partial charge in [0, 0.05) is 19.1 Å². The molecule has 132 valence electrons. The number of hydrogen-bond acceptors (Lipinski definition) is 5. The summed E-state index contributed by atoms with van der Waals surface area (Å²) < 4.78 is 16.1. The van der Waals surface area contributed by atoms with Crippen molar-refractivity contribution >= 4 is 12.4 Å². The fraction of sp³-hybridized carbons (Fsp3) is 0.647. The lowest BCUT2D eigenvalue weighted by atomic mass is 10.1. The standard InChI is InChI=1S/C17H28N2O3.ClH/c1-5-19-8-6-7-14(19)12-18-11-13-9-15(20-2)17(22-4)16(10-13)21-3;/h9-10,14,18H,5-8,11-12H2,1-4H3;1H. The Bertz CT molecular complexity index is 460. The van der Waals surface area contributed by atoms with E-state index in [-0.39, 0.29) is 12.4 Å². The maximum Gasteiger partial charge on any atom is 0.203 e. The lowest BCUT2D eigenvalue weighted by Crippen LogP contribution is -2.37. The second kappa shape index (κ2) is 9.85. The first-order chi connectivity index (χ1) is 10.7. The van der Waals surface area contributed by atoms with Gasteiger partial charge in [-0.25, -0.2) is 0 Å². The third-order valence-electron chi connectivity index (χ3n) is 4.34. The number of rotatable bonds is 8. The van der Waals surface area contributed by atoms with Gasteiger partial charge < -0.3 is 19.5 Å². The van der Waals surface area contributed by atoms with Gasteiger partial charge in [-0.2, -0.15) is 0 Å². The van der Waals surface area contributed by atoms with Crippen molar-refractivity contribution in [1.82, 2.24) is 10.2 Å². The smallest absolute Gasteiger partial charge is 0.203 e. The van der Waals surface area contributed by atoms with Crippen LogP contribution in [0.5, 0.6) is 17.2 Å². The summed E-state index contributed by atoms with van der Waals surface area (Å²) in [5.74, 6) is 2.05. The van der Waals surface area contributed by atoms with E-state index in [0.717, 1.165) is 25.2 Å². The van der Waals surface area contributed by atoms with E-state index in [0.29, 0.717) is 23.3 Å². The van der Waals surface area contributed by atoms with E-state index < -0.39 is 0 Å². The maximum absolute atomic E-state index is 5.39. The molecule has 1 aliphatic heterocycles. The zero-order valence-corrected chi connectivity index (χ0v) is 15.4. The molecule has 1 heterocycles. The Balaban J connectivity index is 0.00000264. The second-order valence-electron chi connectivity index (χ2n) is 5.59. The van der Waals surface area contributed by atoms with E-state index in [2.05, 4.69) is 17.1 Å². The Morgan fingerprint density at radius 1 is 1.13 bits per heavy atom. The highest BCUT2D eigenvalue weighted by molar-refractivity contribution is 5.85. The largest absolute Gasteiger partial charge is 0.493 e. The van der Waals surface area contributed by atoms with Crippen molar-refractivity contribution < 1.29 is 14.2 Å². The maximum atomic E-state index is 5.39. The van der Waals surface area contributed by atoms with Crippen LogP contribution in [0.15, 0.2) is 12.1 Å². The van der Waals surface area contributed by atoms with Crippen LogP contribution in [0.1, 0.15) is 25.3 Å². The molecular weight excluding hydrogens is 316 g/mol. The summed E-state index contributed by atoms with van der Waals surface area (Å²) in [6, 6.07) is 4.66. The van der Waals surface area contributed by atoms with Gasteiger partial charge in [-0.15, -0.1) is 12.4 Å². The highest BCUT2D eigenvalue weighted by atomic mass is 35.5. The molecule has 0 spiro atoms. The number of benzene rings is 1. The third-order valence-corrected chi connectivity index (χ3v) is 4.34. The Morgan fingerprint density at radius 2 is 1.78 bits per heavy atom. The summed E-state index contributed by atoms with van der Waals surface area (Å²) in [7, 11) is 4.91. The number of methoxy groups -OCH3 is 3. The minimum atomic E-state index is 0. The topological polar surface area (TPSA) is 43.0 Å². The zero-order chi connectivity index (χ0) is 15.9. The van der Waals surface area contributed by atoms with Crippen LogP contribution in [0.2, 0.25) is 0 Å². The Labute approximate surface area is 145 Å². The van der Waals surface area contributed by atoms with Gasteiger partial charge in [-0.1, -0.05) is 6.92 Å². The molecule has 2 rings (SSSR count). The summed E-state index contributed by atoms with van der Waals surface area (Å²) in [6.07, 6.45) is 2.60. The molecule has 1 fully saturated rings. The summed E-state index contributed by atoms with van der Waals surface area (Å²) >= 11 is 0. The molecule has 1 unspecified atom stereocenters. The average Bonchev–Trinajstić information content (AvgIpc) is 3.01. The van der Waals surface area contributed by atoms with Gasteiger partial charge in [0.1, 0.15) is 0 Å². The van der Waals surface area contributed by atoms with Gasteiger partial charge in [0.15, 0.2) is 11.5 Å². The van der Waals surface area contributed by atoms with E-state index >= 15 is 0 Å². The van der Waals surface area contributed by atoms with E-state index in [1.54, 1.807) is 21.3 Å². The molecule has 1 N–H and O–H groups in total. The van der Waals surface area contributed by atoms with Crippen LogP contribution in [0, 0.1) is 0 Å². The molecule has 1 aliphatic rings. The highest BCUT2D eigenvalue weighted by Gasteiger charge is 2.22. The molecular formula is C17H29ClN2O3. The van der Waals surface area contributed by atoms with E-state index in [9.17, 15) is 0 Å². The fourth-order valence-corrected chi connectivity index (χ4v) is 3.16. The number of nitrogens with zero attached hydrogens (tertiary/aromatic N) is 1. The van der Waals surface area contributed by atoms with Crippen LogP contribution in [0.4, 0.5) is 0 Å². The van der Waals surface area contributed by atoms with Crippen LogP contribution >= 0.6 is 12.4 Å². The SMILES string of the molecule is CCN1CCCC1CNCc1cc(OC)c(OC)c(OC)c1.Cl. The zero-order valence-electron chi connectivity index (χ0n) is 14.6. The minimum absolute atomic E-state index is 0. The molecule has 1 aromatic carbocycles. The summed E-state index contributed by atoms with van der Waals surface area (Å²) in [5, 5.41) is 3.55. The first kappa shape index (κ1) is 19.9. The van der Waals surface area contributed by atoms with Crippen molar-refractivity contribution in [2.24, 2.45) is 0 Å². The van der Waals surface area contributed by atoms with E-state index in [1.807, 2.05) is 12.1 Å². The van der Waals surface area contributed by atoms with E-state index in [4.69, 9.17) is 14.2 Å². The number of likely N-dealkylation sites (tertiary alicyclic amines) is 1. The number of hydrogen-bond donors (Lipinski definition) is 1. The van der Waals surface area contributed by atoms with Gasteiger partial charge in [0.05, 0.1) is 21.3 Å². The van der Waals surface area contributed by atoms with Crippen molar-refractivity contribution in [3.63, 3.8) is 0 Å². The predicted octanol–water partition coefficient (Wildman–Crippen LogP) is 2.71. The summed E-state index contributed by atoms with van der Waals surface area (Å²) in [6.45, 7) is 6.41. The Hall–Kier alpha value is -1.17. The minimum Gasteiger partial charge on any atom is -0.493 e. The van der Waals surface area contributed by atoms with Crippen LogP contribution in [0.3, 0.4) is 0 Å². The molecule has 6 heteroatoms. The predicted molar refractivity (Wildman–Crippen MR) is 95.3 cm³/mol. The average molecular weight is 345 g/mol. The summed E-state index contributed by atoms with van der Waals surface area (Å²) in [5.41, 5.74) is 1.13. The third kappa shape index (κ3) is 4.90. The van der Waals surface area contributed by atoms with Gasteiger partial charge in [-0.3, -0.25) is 4.90 Å². The molecule has 0 aliphatic carbocycles. The Morgan fingerprint density at radius 3 is 2.30 bits per heavy atom. The molecule has 0 saturated carbocycles. The molecule has 5 nitrogen and oxygen atoms in total. The molecule has 0 radical (unpaired) electrons. The molecule has 23 heavy (non-hydrogen) atoms. The van der Waals surface area contributed by atoms with Crippen molar-refractivity contribution in [2.45, 2.75) is 32.4 Å². The number of halogens is 1. The molecule has 1 aromatic rings. The van der Waals surface area contributed by atoms with Gasteiger partial charge in [-0.05, 0) is 43.6 Å². The number of nitrogens with one attached hydrogen (secondary N) is 1. The van der Waals surface area contributed by atoms with Gasteiger partial charge in [0.25, 0.3) is 0 Å². The molecule has 0 amide bonds. The first-order valence-corrected chi connectivity index (χ1v) is 7.97. The van der Waals surface area contributed by atoms with Crippen molar-refractivity contribution in [1.29, 1.82) is 0 Å². The van der Waals surface area contributed by atoms with Crippen LogP contribution in [0.25, 0.3) is 0 Å². The number of ether oxygens (including phenoxy) is 3. The molecule has 1 atom stereocenters. The van der Waals surface area contributed by atoms with Crippen molar-refractivity contribution in [2.75, 3.05) is 41.0 Å². The fourth-order valence-electron chi connectivity index (χ4n) is 3.16. The quantitative estimate of drug-likeness (QED) is 0.785. The molecule has 1 saturated heterocycles. The summed E-state index contributed by atoms with van der Waals surface area (Å²) in [4.78, 5) is 2.54. The second-order valence-corrected chi connectivity index (χ2v) is 5.59. The van der Waals surface area contributed by atoms with Crippen LogP contribution < -0.4 is 19.5 Å². The highest BCUT2D eigenvalue weighted by Crippen LogP contribution is 2.38. The molecule has 0 aromatic heterocycles. The number of likely N-dealkylation sites (N-methyl/N-ethyl adjacent to an activating group) is 1. The van der Waals surface area contributed by atoms with E-state index in [1.165, 1.54) is 19.4 Å². The lowest BCUT2D eigenvalue weighted by Gasteiger charge is -2.23. The first-order valence-electron chi connectivity index (χ1n) is 7.97. The van der Waals surface area contributed by atoms with Gasteiger partial charge >= 0.3 is 0 Å². The normalized spacial score (nSPS) is 17.7. The lowest BCUT2D eigenvalue weighted by molar-refractivity contribution is 0.260.